The van der Waals surface area contributed by atoms with Gasteiger partial charge in [-0.1, -0.05) is 53.7 Å². The van der Waals surface area contributed by atoms with Crippen LogP contribution in [0.3, 0.4) is 0 Å². The van der Waals surface area contributed by atoms with E-state index in [0.29, 0.717) is 0 Å². The molecule has 86 valence electrons. The van der Waals surface area contributed by atoms with Gasteiger partial charge in [0, 0.05) is 4.90 Å². The van der Waals surface area contributed by atoms with Crippen LogP contribution in [0.4, 0.5) is 0 Å². The summed E-state index contributed by atoms with van der Waals surface area (Å²) in [5, 5.41) is 2.15. The van der Waals surface area contributed by atoms with Crippen molar-refractivity contribution in [3.63, 3.8) is 0 Å². The Bertz CT molecular complexity index is 509. The molecule has 0 aromatic heterocycles. The molecule has 0 fully saturated rings. The number of hydrogen-bond donors (Lipinski definition) is 0. The summed E-state index contributed by atoms with van der Waals surface area (Å²) in [5.41, 5.74) is 3.90. The molecule has 0 unspecified atom stereocenters. The standard InChI is InChI=1S/C16H16S/c1-13-7-9-16(10-8-13)17-12-11-15-6-4-3-5-14(15)2/h3-12H,1-2H3/b12-11+. The number of thioether (sulfide) groups is 1. The molecule has 0 aliphatic rings. The molecule has 1 heteroatoms. The van der Waals surface area contributed by atoms with Crippen LogP contribution in [-0.2, 0) is 0 Å². The van der Waals surface area contributed by atoms with Gasteiger partial charge < -0.3 is 0 Å². The molecule has 0 saturated heterocycles. The lowest BCUT2D eigenvalue weighted by atomic mass is 10.1. The van der Waals surface area contributed by atoms with E-state index in [2.05, 4.69) is 73.9 Å². The lowest BCUT2D eigenvalue weighted by Gasteiger charge is -1.99. The highest BCUT2D eigenvalue weighted by Crippen LogP contribution is 2.21. The third-order valence-electron chi connectivity index (χ3n) is 2.66. The highest BCUT2D eigenvalue weighted by Gasteiger charge is 1.92. The van der Waals surface area contributed by atoms with Crippen LogP contribution in [0.1, 0.15) is 16.7 Å². The summed E-state index contributed by atoms with van der Waals surface area (Å²) in [6.45, 7) is 4.24. The third kappa shape index (κ3) is 3.50. The Morgan fingerprint density at radius 1 is 0.882 bits per heavy atom. The maximum atomic E-state index is 2.17. The monoisotopic (exact) mass is 240 g/mol. The normalized spacial score (nSPS) is 10.9. The van der Waals surface area contributed by atoms with Crippen molar-refractivity contribution in [2.24, 2.45) is 0 Å². The zero-order valence-corrected chi connectivity index (χ0v) is 11.0. The third-order valence-corrected chi connectivity index (χ3v) is 3.48. The maximum absolute atomic E-state index is 2.17. The van der Waals surface area contributed by atoms with Gasteiger partial charge in [-0.3, -0.25) is 0 Å². The van der Waals surface area contributed by atoms with Gasteiger partial charge in [0.25, 0.3) is 0 Å². The van der Waals surface area contributed by atoms with Gasteiger partial charge in [-0.2, -0.15) is 0 Å². The fraction of sp³-hybridized carbons (Fsp3) is 0.125. The Hall–Kier alpha value is -1.47. The smallest absolute Gasteiger partial charge is 0.0116 e. The Labute approximate surface area is 107 Å². The number of aryl methyl sites for hydroxylation is 2. The lowest BCUT2D eigenvalue weighted by Crippen LogP contribution is -1.77. The van der Waals surface area contributed by atoms with Crippen LogP contribution in [-0.4, -0.2) is 0 Å². The average molecular weight is 240 g/mol. The van der Waals surface area contributed by atoms with Crippen molar-refractivity contribution in [1.29, 1.82) is 0 Å². The van der Waals surface area contributed by atoms with E-state index in [4.69, 9.17) is 0 Å². The van der Waals surface area contributed by atoms with E-state index in [1.165, 1.54) is 21.6 Å². The molecule has 0 N–H and O–H groups in total. The summed E-state index contributed by atoms with van der Waals surface area (Å²) < 4.78 is 0. The van der Waals surface area contributed by atoms with E-state index in [9.17, 15) is 0 Å². The predicted molar refractivity (Wildman–Crippen MR) is 77.2 cm³/mol. The summed E-state index contributed by atoms with van der Waals surface area (Å²) in [6, 6.07) is 17.0. The molecule has 0 spiro atoms. The van der Waals surface area contributed by atoms with Gasteiger partial charge in [-0.25, -0.2) is 0 Å². The number of benzene rings is 2. The molecular formula is C16H16S. The molecule has 2 rings (SSSR count). The molecule has 2 aromatic rings. The molecule has 0 amide bonds. The Balaban J connectivity index is 2.03. The molecule has 0 heterocycles. The van der Waals surface area contributed by atoms with Crippen LogP contribution in [0.25, 0.3) is 6.08 Å². The minimum atomic E-state index is 1.28. The Morgan fingerprint density at radius 2 is 1.59 bits per heavy atom. The van der Waals surface area contributed by atoms with Crippen molar-refractivity contribution in [3.8, 4) is 0 Å². The maximum Gasteiger partial charge on any atom is 0.0116 e. The van der Waals surface area contributed by atoms with E-state index >= 15 is 0 Å². The molecule has 0 atom stereocenters. The first kappa shape index (κ1) is 12.0. The molecule has 0 aliphatic heterocycles. The second-order valence-electron chi connectivity index (χ2n) is 4.09. The minimum absolute atomic E-state index is 1.28. The average Bonchev–Trinajstić information content (AvgIpc) is 2.34. The van der Waals surface area contributed by atoms with Crippen molar-refractivity contribution in [2.45, 2.75) is 18.7 Å². The molecule has 0 bridgehead atoms. The van der Waals surface area contributed by atoms with Crippen molar-refractivity contribution in [1.82, 2.24) is 0 Å². The van der Waals surface area contributed by atoms with Crippen LogP contribution in [0.5, 0.6) is 0 Å². The van der Waals surface area contributed by atoms with Crippen LogP contribution in [0.2, 0.25) is 0 Å². The van der Waals surface area contributed by atoms with Gasteiger partial charge in [0.1, 0.15) is 0 Å². The van der Waals surface area contributed by atoms with E-state index in [0.717, 1.165) is 0 Å². The van der Waals surface area contributed by atoms with E-state index in [1.54, 1.807) is 11.8 Å². The first-order valence-corrected chi connectivity index (χ1v) is 6.59. The lowest BCUT2D eigenvalue weighted by molar-refractivity contribution is 1.38. The molecular weight excluding hydrogens is 224 g/mol. The van der Waals surface area contributed by atoms with Crippen molar-refractivity contribution >= 4 is 17.8 Å². The summed E-state index contributed by atoms with van der Waals surface area (Å²) in [5.74, 6) is 0. The van der Waals surface area contributed by atoms with E-state index in [1.807, 2.05) is 0 Å². The molecule has 0 nitrogen and oxygen atoms in total. The van der Waals surface area contributed by atoms with Crippen LogP contribution >= 0.6 is 11.8 Å². The molecule has 0 aliphatic carbocycles. The fourth-order valence-corrected chi connectivity index (χ4v) is 2.24. The largest absolute Gasteiger partial charge is 0.0981 e. The summed E-state index contributed by atoms with van der Waals surface area (Å²) in [6.07, 6.45) is 2.17. The molecule has 17 heavy (non-hydrogen) atoms. The van der Waals surface area contributed by atoms with Crippen molar-refractivity contribution < 1.29 is 0 Å². The van der Waals surface area contributed by atoms with Crippen LogP contribution in [0.15, 0.2) is 58.8 Å². The Morgan fingerprint density at radius 3 is 2.29 bits per heavy atom. The fourth-order valence-electron chi connectivity index (χ4n) is 1.58. The van der Waals surface area contributed by atoms with Crippen LogP contribution in [0, 0.1) is 13.8 Å². The van der Waals surface area contributed by atoms with Crippen molar-refractivity contribution in [2.75, 3.05) is 0 Å². The van der Waals surface area contributed by atoms with Gasteiger partial charge >= 0.3 is 0 Å². The topological polar surface area (TPSA) is 0 Å². The summed E-state index contributed by atoms with van der Waals surface area (Å²) in [4.78, 5) is 1.28. The number of rotatable bonds is 3. The quantitative estimate of drug-likeness (QED) is 0.675. The first-order valence-electron chi connectivity index (χ1n) is 5.71. The Kier molecular flexibility index (Phi) is 4.05. The zero-order valence-electron chi connectivity index (χ0n) is 10.2. The minimum Gasteiger partial charge on any atom is -0.0981 e. The van der Waals surface area contributed by atoms with E-state index in [-0.39, 0.29) is 0 Å². The van der Waals surface area contributed by atoms with Crippen molar-refractivity contribution in [3.05, 3.63) is 70.6 Å². The zero-order chi connectivity index (χ0) is 12.1. The van der Waals surface area contributed by atoms with Gasteiger partial charge in [0.2, 0.25) is 0 Å². The predicted octanol–water partition coefficient (Wildman–Crippen LogP) is 5.07. The van der Waals surface area contributed by atoms with Gasteiger partial charge in [0.15, 0.2) is 0 Å². The summed E-state index contributed by atoms with van der Waals surface area (Å²) in [7, 11) is 0. The number of hydrogen-bond acceptors (Lipinski definition) is 1. The second-order valence-corrected chi connectivity index (χ2v) is 5.07. The van der Waals surface area contributed by atoms with E-state index < -0.39 is 0 Å². The highest BCUT2D eigenvalue weighted by molar-refractivity contribution is 8.02. The molecule has 2 aromatic carbocycles. The molecule has 0 radical (unpaired) electrons. The first-order chi connectivity index (χ1) is 8.25. The van der Waals surface area contributed by atoms with Gasteiger partial charge in [0.05, 0.1) is 0 Å². The van der Waals surface area contributed by atoms with Gasteiger partial charge in [-0.15, -0.1) is 0 Å². The van der Waals surface area contributed by atoms with Crippen LogP contribution < -0.4 is 0 Å². The highest BCUT2D eigenvalue weighted by atomic mass is 32.2. The summed E-state index contributed by atoms with van der Waals surface area (Å²) >= 11 is 1.75. The van der Waals surface area contributed by atoms with Gasteiger partial charge in [-0.05, 0) is 48.6 Å². The molecule has 0 saturated carbocycles. The SMILES string of the molecule is Cc1ccc(S/C=C/c2ccccc2C)cc1. The second kappa shape index (κ2) is 5.74.